The Bertz CT molecular complexity index is 1860. The third kappa shape index (κ3) is 6.64. The summed E-state index contributed by atoms with van der Waals surface area (Å²) in [5.41, 5.74) is 11.9. The van der Waals surface area contributed by atoms with Crippen molar-refractivity contribution in [1.29, 1.82) is 0 Å². The fourth-order valence-electron chi connectivity index (χ4n) is 5.98. The number of thiol groups is 2. The first-order valence-corrected chi connectivity index (χ1v) is 18.0. The number of hydrogen-bond donors (Lipinski definition) is 6. The van der Waals surface area contributed by atoms with E-state index in [-0.39, 0.29) is 35.5 Å². The number of nitrogens with one attached hydrogen (secondary N) is 1. The summed E-state index contributed by atoms with van der Waals surface area (Å²) in [6, 6.07) is -0.609. The number of anilines is 2. The lowest BCUT2D eigenvalue weighted by molar-refractivity contribution is -0.0530. The van der Waals surface area contributed by atoms with Crippen molar-refractivity contribution in [3.05, 3.63) is 29.3 Å². The molecule has 6 N–H and O–H groups in total. The van der Waals surface area contributed by atoms with Crippen molar-refractivity contribution >= 4 is 74.5 Å². The van der Waals surface area contributed by atoms with Crippen LogP contribution < -0.4 is 17.0 Å². The Hall–Kier alpha value is -2.75. The monoisotopic (exact) mass is 732 g/mol. The van der Waals surface area contributed by atoms with Gasteiger partial charge >= 0.3 is 15.5 Å². The van der Waals surface area contributed by atoms with E-state index >= 15 is 0 Å². The summed E-state index contributed by atoms with van der Waals surface area (Å²) in [5.74, 6) is -0.343. The van der Waals surface area contributed by atoms with Gasteiger partial charge in [-0.2, -0.15) is 17.6 Å². The van der Waals surface area contributed by atoms with Crippen LogP contribution in [0.3, 0.4) is 0 Å². The molecule has 5 heterocycles. The highest BCUT2D eigenvalue weighted by Crippen LogP contribution is 2.57. The van der Waals surface area contributed by atoms with Gasteiger partial charge < -0.3 is 35.4 Å². The zero-order valence-electron chi connectivity index (χ0n) is 24.4. The summed E-state index contributed by atoms with van der Waals surface area (Å²) in [6.45, 7) is -4.49. The van der Waals surface area contributed by atoms with Gasteiger partial charge in [0.05, 0.1) is 37.8 Å². The van der Waals surface area contributed by atoms with Gasteiger partial charge in [-0.05, 0) is 6.42 Å². The molecule has 0 spiro atoms. The molecule has 20 nitrogen and oxygen atoms in total. The summed E-state index contributed by atoms with van der Waals surface area (Å²) >= 11 is 8.29. The van der Waals surface area contributed by atoms with Gasteiger partial charge in [0.25, 0.3) is 5.56 Å². The van der Waals surface area contributed by atoms with Crippen molar-refractivity contribution in [3.63, 3.8) is 0 Å². The molecule has 2 fully saturated rings. The first-order chi connectivity index (χ1) is 22.6. The maximum Gasteiger partial charge on any atom is 0.386 e. The van der Waals surface area contributed by atoms with E-state index in [1.54, 1.807) is 4.57 Å². The second-order valence-corrected chi connectivity index (χ2v) is 14.2. The predicted octanol–water partition coefficient (Wildman–Crippen LogP) is 0.894. The van der Waals surface area contributed by atoms with Crippen LogP contribution in [0, 0.1) is 5.92 Å². The van der Waals surface area contributed by atoms with E-state index in [9.17, 15) is 19.0 Å². The molecule has 1 aliphatic carbocycles. The number of hydrogen-bond acceptors (Lipinski definition) is 18. The maximum absolute atomic E-state index is 13.6. The Balaban J connectivity index is 1.20. The fourth-order valence-corrected chi connectivity index (χ4v) is 7.94. The van der Waals surface area contributed by atoms with Crippen molar-refractivity contribution in [1.82, 2.24) is 39.0 Å². The number of nitrogens with two attached hydrogens (primary N) is 2. The molecule has 1 saturated heterocycles. The first-order valence-electron chi connectivity index (χ1n) is 13.9. The number of imidazole rings is 2. The van der Waals surface area contributed by atoms with E-state index in [1.807, 2.05) is 0 Å². The second-order valence-electron chi connectivity index (χ2n) is 10.7. The topological polar surface area (TPSA) is 269 Å². The number of aromatic nitrogens is 8. The molecule has 4 aromatic rings. The number of nitrogen functional groups attached to an aromatic ring is 2. The van der Waals surface area contributed by atoms with E-state index in [1.165, 1.54) is 30.7 Å². The first kappa shape index (κ1) is 34.1. The molecule has 1 aliphatic heterocycles. The zero-order chi connectivity index (χ0) is 33.5. The van der Waals surface area contributed by atoms with Crippen LogP contribution in [0.25, 0.3) is 22.3 Å². The Morgan fingerprint density at radius 2 is 1.89 bits per heavy atom. The highest BCUT2D eigenvalue weighted by molar-refractivity contribution is 8.44. The number of ether oxygens (including phenoxy) is 3. The number of H-pyrrole nitrogens is 1. The molecule has 0 bridgehead atoms. The quantitative estimate of drug-likeness (QED) is 0.0633. The van der Waals surface area contributed by atoms with Crippen molar-refractivity contribution in [2.75, 3.05) is 37.7 Å². The number of methoxy groups -OCH3 is 1. The summed E-state index contributed by atoms with van der Waals surface area (Å²) in [6.07, 6.45) is -1.89. The molecule has 47 heavy (non-hydrogen) atoms. The van der Waals surface area contributed by atoms with E-state index in [4.69, 9.17) is 39.2 Å². The number of aliphatic hydroxyl groups excluding tert-OH is 1. The standard InChI is InChI=1S/C23H30N10O10P2S2/c1-38-16-11(41-22(17(16)42-44-36)33-7-29-13-20(33)30-23(25)31-21(13)35)4-40-45(37,47)43-15-9(3-39-8-46)2-10(14(15)34)32-6-28-12-18(24)26-5-27-19(12)32/h5-7,9-11,14-17,22,34,46H,2-4,8H2,1H3,(H,37,47)(H2,24,26,27)(H3,25,30,31,35)/t9-,10-,11-,14+,15-,16-,17-,22-,45?/m1/s1. The molecule has 1 unspecified atom stereocenters. The molecule has 1 saturated carbocycles. The molecular formula is C23H30N10O10P2S2. The van der Waals surface area contributed by atoms with Gasteiger partial charge in [0.2, 0.25) is 5.95 Å². The van der Waals surface area contributed by atoms with Crippen LogP contribution >= 0.6 is 40.4 Å². The number of nitrogens with zero attached hydrogens (tertiary/aromatic N) is 7. The SMILES string of the molecule is CO[C@H]1[C@@H](OP=O)[C@H](n2cnc3c(=O)[nH]c(N)nc32)O[C@@H]1COP(=O)(S)O[C@@H]1[C@@H](COCS)C[C@@H](n2cnc3c(N)ncnc32)[C@@H]1O. The second kappa shape index (κ2) is 14.0. The molecule has 6 rings (SSSR count). The molecule has 9 atom stereocenters. The molecular weight excluding hydrogens is 702 g/mol. The van der Waals surface area contributed by atoms with Crippen LogP contribution in [0.5, 0.6) is 0 Å². The fraction of sp³-hybridized carbons (Fsp3) is 0.565. The van der Waals surface area contributed by atoms with Crippen LogP contribution in [0.4, 0.5) is 11.8 Å². The summed E-state index contributed by atoms with van der Waals surface area (Å²) < 4.78 is 62.4. The number of rotatable bonds is 13. The molecule has 0 amide bonds. The summed E-state index contributed by atoms with van der Waals surface area (Å²) in [7, 11) is 0.676. The molecule has 24 heteroatoms. The smallest absolute Gasteiger partial charge is 0.386 e. The van der Waals surface area contributed by atoms with Gasteiger partial charge in [-0.25, -0.2) is 29.1 Å². The Morgan fingerprint density at radius 1 is 1.13 bits per heavy atom. The van der Waals surface area contributed by atoms with Crippen LogP contribution in [0.15, 0.2) is 23.8 Å². The zero-order valence-corrected chi connectivity index (χ0v) is 28.0. The lowest BCUT2D eigenvalue weighted by atomic mass is 10.1. The van der Waals surface area contributed by atoms with E-state index in [0.29, 0.717) is 17.6 Å². The molecule has 0 aromatic carbocycles. The van der Waals surface area contributed by atoms with Crippen LogP contribution in [0.2, 0.25) is 0 Å². The van der Waals surface area contributed by atoms with Crippen molar-refractivity contribution in [2.24, 2.45) is 5.92 Å². The highest BCUT2D eigenvalue weighted by atomic mass is 32.7. The van der Waals surface area contributed by atoms with Gasteiger partial charge in [0, 0.05) is 13.0 Å². The minimum absolute atomic E-state index is 0.0207. The van der Waals surface area contributed by atoms with Gasteiger partial charge in [-0.3, -0.25) is 27.9 Å². The average Bonchev–Trinajstić information content (AvgIpc) is 3.80. The van der Waals surface area contributed by atoms with E-state index in [0.717, 1.165) is 0 Å². The summed E-state index contributed by atoms with van der Waals surface area (Å²) in [5, 5.41) is 11.4. The van der Waals surface area contributed by atoms with E-state index in [2.05, 4.69) is 54.8 Å². The number of fused-ring (bicyclic) bond motifs is 2. The molecule has 254 valence electrons. The van der Waals surface area contributed by atoms with Crippen LogP contribution in [0.1, 0.15) is 18.7 Å². The normalized spacial score (nSPS) is 29.3. The third-order valence-corrected chi connectivity index (χ3v) is 10.1. The third-order valence-electron chi connectivity index (χ3n) is 8.01. The van der Waals surface area contributed by atoms with Crippen molar-refractivity contribution < 1.29 is 42.0 Å². The predicted molar refractivity (Wildman–Crippen MR) is 170 cm³/mol. The number of aromatic amines is 1. The Morgan fingerprint density at radius 3 is 2.64 bits per heavy atom. The van der Waals surface area contributed by atoms with Crippen molar-refractivity contribution in [3.8, 4) is 0 Å². The Labute approximate surface area is 277 Å². The highest BCUT2D eigenvalue weighted by Gasteiger charge is 2.50. The molecule has 4 aromatic heterocycles. The summed E-state index contributed by atoms with van der Waals surface area (Å²) in [4.78, 5) is 35.4. The van der Waals surface area contributed by atoms with Gasteiger partial charge in [0.1, 0.15) is 42.4 Å². The van der Waals surface area contributed by atoms with Crippen molar-refractivity contribution in [2.45, 2.75) is 49.2 Å². The van der Waals surface area contributed by atoms with E-state index < -0.39 is 76.4 Å². The Kier molecular flexibility index (Phi) is 10.2. The van der Waals surface area contributed by atoms with Gasteiger partial charge in [-0.1, -0.05) is 12.2 Å². The minimum atomic E-state index is -4.21. The van der Waals surface area contributed by atoms with Crippen LogP contribution in [-0.4, -0.2) is 101 Å². The lowest BCUT2D eigenvalue weighted by Crippen LogP contribution is -2.36. The average molecular weight is 733 g/mol. The van der Waals surface area contributed by atoms with Gasteiger partial charge in [-0.15, -0.1) is 0 Å². The molecule has 0 radical (unpaired) electrons. The maximum atomic E-state index is 13.6. The van der Waals surface area contributed by atoms with Crippen LogP contribution in [-0.2, 0) is 36.9 Å². The number of aliphatic hydroxyl groups is 1. The molecule has 2 aliphatic rings. The minimum Gasteiger partial charge on any atom is -0.388 e. The van der Waals surface area contributed by atoms with Gasteiger partial charge in [0.15, 0.2) is 28.9 Å². The largest absolute Gasteiger partial charge is 0.388 e. The lowest BCUT2D eigenvalue weighted by Gasteiger charge is -2.27.